The molecule has 31 heavy (non-hydrogen) atoms. The summed E-state index contributed by atoms with van der Waals surface area (Å²) in [5.41, 5.74) is 2.52. The number of carbonyl (C=O) groups excluding carboxylic acids is 1. The van der Waals surface area contributed by atoms with Crippen LogP contribution in [0.5, 0.6) is 5.75 Å². The summed E-state index contributed by atoms with van der Waals surface area (Å²) < 4.78 is 44.4. The van der Waals surface area contributed by atoms with Gasteiger partial charge in [0.2, 0.25) is 0 Å². The Morgan fingerprint density at radius 2 is 1.74 bits per heavy atom. The van der Waals surface area contributed by atoms with Gasteiger partial charge in [-0.1, -0.05) is 60.1 Å². The molecule has 2 unspecified atom stereocenters. The van der Waals surface area contributed by atoms with E-state index in [1.807, 2.05) is 18.2 Å². The fraction of sp³-hybridized carbons (Fsp3) is 0.160. The summed E-state index contributed by atoms with van der Waals surface area (Å²) in [7, 11) is 0. The van der Waals surface area contributed by atoms with E-state index in [2.05, 4.69) is 0 Å². The summed E-state index contributed by atoms with van der Waals surface area (Å²) in [6.07, 6.45) is 2.28. The van der Waals surface area contributed by atoms with Crippen LogP contribution in [0, 0.1) is 11.7 Å². The number of hydrogen-bond acceptors (Lipinski definition) is 2. The summed E-state index contributed by atoms with van der Waals surface area (Å²) in [6.45, 7) is -2.98. The molecular formula is C25H18ClF3O2. The van der Waals surface area contributed by atoms with Gasteiger partial charge < -0.3 is 4.74 Å². The molecule has 0 amide bonds. The first-order valence-electron chi connectivity index (χ1n) is 9.72. The number of Topliss-reactive ketones (excluding diaryl/α,β-unsaturated/α-hetero) is 1. The average Bonchev–Trinajstić information content (AvgIpc) is 3.19. The SMILES string of the molecule is O=C(c1cccc(F)c1)C1C=C(c2ccc(Cl)cc2)CC1c1ccccc1OC(F)F. The van der Waals surface area contributed by atoms with Crippen LogP contribution in [-0.2, 0) is 0 Å². The third kappa shape index (κ3) is 4.67. The van der Waals surface area contributed by atoms with Gasteiger partial charge in [0.15, 0.2) is 5.78 Å². The fourth-order valence-corrected chi connectivity index (χ4v) is 4.16. The predicted molar refractivity (Wildman–Crippen MR) is 114 cm³/mol. The molecule has 3 aromatic rings. The Morgan fingerprint density at radius 1 is 1.00 bits per heavy atom. The summed E-state index contributed by atoms with van der Waals surface area (Å²) in [5, 5.41) is 0.585. The molecule has 0 saturated heterocycles. The molecule has 0 aromatic heterocycles. The molecule has 1 aliphatic carbocycles. The second-order valence-electron chi connectivity index (χ2n) is 7.33. The molecule has 0 N–H and O–H groups in total. The number of benzene rings is 3. The number of rotatable bonds is 6. The molecule has 0 spiro atoms. The Hall–Kier alpha value is -3.05. The lowest BCUT2D eigenvalue weighted by Gasteiger charge is -2.22. The van der Waals surface area contributed by atoms with Gasteiger partial charge in [0, 0.05) is 22.4 Å². The molecule has 0 radical (unpaired) electrons. The highest BCUT2D eigenvalue weighted by molar-refractivity contribution is 6.30. The number of carbonyl (C=O) groups is 1. The van der Waals surface area contributed by atoms with Gasteiger partial charge in [0.05, 0.1) is 0 Å². The van der Waals surface area contributed by atoms with E-state index in [9.17, 15) is 18.0 Å². The fourth-order valence-electron chi connectivity index (χ4n) is 4.03. The van der Waals surface area contributed by atoms with Gasteiger partial charge in [-0.15, -0.1) is 0 Å². The Labute approximate surface area is 182 Å². The van der Waals surface area contributed by atoms with Gasteiger partial charge in [-0.05, 0) is 53.5 Å². The van der Waals surface area contributed by atoms with Crippen LogP contribution in [0.1, 0.15) is 33.8 Å². The van der Waals surface area contributed by atoms with E-state index in [1.54, 1.807) is 36.4 Å². The summed E-state index contributed by atoms with van der Waals surface area (Å²) in [5.74, 6) is -1.85. The minimum Gasteiger partial charge on any atom is -0.435 e. The number of para-hydroxylation sites is 1. The van der Waals surface area contributed by atoms with Crippen LogP contribution < -0.4 is 4.74 Å². The largest absolute Gasteiger partial charge is 0.435 e. The third-order valence-electron chi connectivity index (χ3n) is 5.42. The highest BCUT2D eigenvalue weighted by atomic mass is 35.5. The first-order chi connectivity index (χ1) is 14.9. The van der Waals surface area contributed by atoms with E-state index in [0.717, 1.165) is 11.1 Å². The van der Waals surface area contributed by atoms with E-state index in [4.69, 9.17) is 16.3 Å². The molecule has 3 aromatic carbocycles. The summed E-state index contributed by atoms with van der Waals surface area (Å²) in [4.78, 5) is 13.3. The lowest BCUT2D eigenvalue weighted by molar-refractivity contribution is -0.0506. The predicted octanol–water partition coefficient (Wildman–Crippen LogP) is 7.15. The average molecular weight is 443 g/mol. The number of hydrogen-bond donors (Lipinski definition) is 0. The van der Waals surface area contributed by atoms with Crippen molar-refractivity contribution in [3.8, 4) is 5.75 Å². The Balaban J connectivity index is 1.76. The van der Waals surface area contributed by atoms with Crippen molar-refractivity contribution < 1.29 is 22.7 Å². The van der Waals surface area contributed by atoms with Crippen LogP contribution >= 0.6 is 11.6 Å². The molecule has 6 heteroatoms. The van der Waals surface area contributed by atoms with Crippen molar-refractivity contribution in [2.24, 2.45) is 5.92 Å². The second kappa shape index (κ2) is 8.98. The minimum atomic E-state index is -2.98. The quantitative estimate of drug-likeness (QED) is 0.379. The Bertz CT molecular complexity index is 1130. The van der Waals surface area contributed by atoms with E-state index >= 15 is 0 Å². The maximum atomic E-state index is 13.7. The van der Waals surface area contributed by atoms with Gasteiger partial charge in [0.25, 0.3) is 0 Å². The molecule has 2 nitrogen and oxygen atoms in total. The van der Waals surface area contributed by atoms with Crippen molar-refractivity contribution in [1.29, 1.82) is 0 Å². The van der Waals surface area contributed by atoms with Gasteiger partial charge in [-0.25, -0.2) is 4.39 Å². The first-order valence-corrected chi connectivity index (χ1v) is 10.1. The van der Waals surface area contributed by atoms with Crippen LogP contribution in [0.25, 0.3) is 5.57 Å². The topological polar surface area (TPSA) is 26.3 Å². The van der Waals surface area contributed by atoms with E-state index in [1.165, 1.54) is 24.3 Å². The van der Waals surface area contributed by atoms with Gasteiger partial charge in [0.1, 0.15) is 11.6 Å². The van der Waals surface area contributed by atoms with Crippen molar-refractivity contribution in [1.82, 2.24) is 0 Å². The third-order valence-corrected chi connectivity index (χ3v) is 5.67. The number of halogens is 4. The highest BCUT2D eigenvalue weighted by Crippen LogP contribution is 2.47. The molecule has 4 rings (SSSR count). The van der Waals surface area contributed by atoms with Crippen molar-refractivity contribution in [3.63, 3.8) is 0 Å². The molecule has 0 fully saturated rings. The smallest absolute Gasteiger partial charge is 0.387 e. The monoisotopic (exact) mass is 442 g/mol. The van der Waals surface area contributed by atoms with Crippen molar-refractivity contribution >= 4 is 23.0 Å². The van der Waals surface area contributed by atoms with Crippen molar-refractivity contribution in [2.45, 2.75) is 19.0 Å². The maximum absolute atomic E-state index is 13.7. The number of allylic oxidation sites excluding steroid dienone is 2. The van der Waals surface area contributed by atoms with Crippen molar-refractivity contribution in [2.75, 3.05) is 0 Å². The first kappa shape index (κ1) is 21.2. The molecule has 0 aliphatic heterocycles. The van der Waals surface area contributed by atoms with Gasteiger partial charge >= 0.3 is 6.61 Å². The normalized spacial score (nSPS) is 18.2. The molecule has 1 aliphatic rings. The molecule has 158 valence electrons. The Morgan fingerprint density at radius 3 is 2.45 bits per heavy atom. The molecule has 0 bridgehead atoms. The zero-order valence-electron chi connectivity index (χ0n) is 16.3. The summed E-state index contributed by atoms with van der Waals surface area (Å²) in [6, 6.07) is 19.2. The van der Waals surface area contributed by atoms with E-state index < -0.39 is 24.3 Å². The van der Waals surface area contributed by atoms with Crippen LogP contribution in [0.3, 0.4) is 0 Å². The van der Waals surface area contributed by atoms with Crippen LogP contribution in [0.15, 0.2) is 78.9 Å². The molecule has 0 heterocycles. The lowest BCUT2D eigenvalue weighted by Crippen LogP contribution is -2.19. The Kier molecular flexibility index (Phi) is 6.14. The van der Waals surface area contributed by atoms with E-state index in [-0.39, 0.29) is 17.1 Å². The zero-order valence-corrected chi connectivity index (χ0v) is 17.0. The minimum absolute atomic E-state index is 0.0327. The highest BCUT2D eigenvalue weighted by Gasteiger charge is 2.36. The molecular weight excluding hydrogens is 425 g/mol. The van der Waals surface area contributed by atoms with E-state index in [0.29, 0.717) is 17.0 Å². The summed E-state index contributed by atoms with van der Waals surface area (Å²) >= 11 is 5.99. The van der Waals surface area contributed by atoms with Crippen LogP contribution in [0.2, 0.25) is 5.02 Å². The lowest BCUT2D eigenvalue weighted by atomic mass is 9.83. The second-order valence-corrected chi connectivity index (χ2v) is 7.76. The molecule has 0 saturated carbocycles. The molecule has 2 atom stereocenters. The van der Waals surface area contributed by atoms with Crippen molar-refractivity contribution in [3.05, 3.63) is 106 Å². The van der Waals surface area contributed by atoms with Crippen LogP contribution in [-0.4, -0.2) is 12.4 Å². The number of ketones is 1. The zero-order chi connectivity index (χ0) is 22.0. The maximum Gasteiger partial charge on any atom is 0.387 e. The number of ether oxygens (including phenoxy) is 1. The number of alkyl halides is 2. The van der Waals surface area contributed by atoms with Gasteiger partial charge in [-0.2, -0.15) is 8.78 Å². The van der Waals surface area contributed by atoms with Crippen LogP contribution in [0.4, 0.5) is 13.2 Å². The van der Waals surface area contributed by atoms with Gasteiger partial charge in [-0.3, -0.25) is 4.79 Å². The standard InChI is InChI=1S/C25H18ClF3O2/c26-18-10-8-15(9-11-18)17-13-21(20-6-1-2-7-23(20)31-25(28)29)22(14-17)24(30)16-4-3-5-19(27)12-16/h1-12,14,21-22,25H,13H2.